The van der Waals surface area contributed by atoms with Crippen LogP contribution in [0, 0.1) is 0 Å². The van der Waals surface area contributed by atoms with Gasteiger partial charge < -0.3 is 43.0 Å². The van der Waals surface area contributed by atoms with Crippen molar-refractivity contribution >= 4 is 0 Å². The largest absolute Gasteiger partial charge is 0.394 e. The van der Waals surface area contributed by atoms with Crippen LogP contribution in [0.2, 0.25) is 0 Å². The summed E-state index contributed by atoms with van der Waals surface area (Å²) in [7, 11) is 0. The number of aliphatic hydroxyl groups excluding tert-OH is 1. The molecule has 1 N–H and O–H groups in total. The highest BCUT2D eigenvalue weighted by molar-refractivity contribution is 4.51. The van der Waals surface area contributed by atoms with Crippen LogP contribution in [0.3, 0.4) is 0 Å². The lowest BCUT2D eigenvalue weighted by atomic mass is 10.0. The van der Waals surface area contributed by atoms with Crippen LogP contribution in [0.5, 0.6) is 0 Å². The maximum absolute atomic E-state index is 8.58. The van der Waals surface area contributed by atoms with Crippen molar-refractivity contribution in [1.29, 1.82) is 0 Å². The number of unbranched alkanes of at least 4 members (excludes halogenated alkanes) is 12. The van der Waals surface area contributed by atoms with Crippen molar-refractivity contribution in [3.05, 3.63) is 0 Å². The van der Waals surface area contributed by atoms with Gasteiger partial charge in [-0.2, -0.15) is 0 Å². The summed E-state index contributed by atoms with van der Waals surface area (Å²) in [5.74, 6) is 0. The van der Waals surface area contributed by atoms with E-state index in [9.17, 15) is 0 Å². The van der Waals surface area contributed by atoms with Crippen LogP contribution >= 0.6 is 0 Å². The molecule has 0 aliphatic carbocycles. The summed E-state index contributed by atoms with van der Waals surface area (Å²) in [5.41, 5.74) is 0. The highest BCUT2D eigenvalue weighted by Crippen LogP contribution is 2.12. The molecule has 0 aromatic rings. The maximum Gasteiger partial charge on any atom is 0.0781 e. The van der Waals surface area contributed by atoms with E-state index in [2.05, 4.69) is 6.92 Å². The lowest BCUT2D eigenvalue weighted by molar-refractivity contribution is -0.0414. The molecular formula is C32H66O9. The second-order valence-electron chi connectivity index (χ2n) is 10.4. The topological polar surface area (TPSA) is 94.1 Å². The van der Waals surface area contributed by atoms with E-state index in [-0.39, 0.29) is 12.7 Å². The minimum Gasteiger partial charge on any atom is -0.394 e. The van der Waals surface area contributed by atoms with Crippen molar-refractivity contribution in [3.63, 3.8) is 0 Å². The lowest BCUT2D eigenvalue weighted by Gasteiger charge is -2.13. The zero-order valence-electron chi connectivity index (χ0n) is 26.8. The minimum absolute atomic E-state index is 0.0346. The average Bonchev–Trinajstić information content (AvgIpc) is 2.98. The van der Waals surface area contributed by atoms with Crippen molar-refractivity contribution in [2.45, 2.75) is 103 Å². The normalized spacial score (nSPS) is 12.4. The molecule has 0 aromatic carbocycles. The van der Waals surface area contributed by atoms with Crippen molar-refractivity contribution in [3.8, 4) is 0 Å². The summed E-state index contributed by atoms with van der Waals surface area (Å²) in [6, 6.07) is 0. The fourth-order valence-electron chi connectivity index (χ4n) is 4.09. The summed E-state index contributed by atoms with van der Waals surface area (Å²) < 4.78 is 43.9. The third-order valence-corrected chi connectivity index (χ3v) is 6.47. The summed E-state index contributed by atoms with van der Waals surface area (Å²) in [6.07, 6.45) is 17.9. The van der Waals surface area contributed by atoms with Crippen molar-refractivity contribution < 1.29 is 43.0 Å². The molecule has 1 atom stereocenters. The number of rotatable bonds is 37. The Labute approximate surface area is 252 Å². The molecule has 0 spiro atoms. The first-order valence-corrected chi connectivity index (χ1v) is 16.6. The molecule has 9 heteroatoms. The second-order valence-corrected chi connectivity index (χ2v) is 10.4. The molecule has 0 radical (unpaired) electrons. The van der Waals surface area contributed by atoms with Crippen LogP contribution in [0.25, 0.3) is 0 Å². The van der Waals surface area contributed by atoms with Crippen LogP contribution in [0.15, 0.2) is 0 Å². The Kier molecular flexibility index (Phi) is 37.3. The minimum atomic E-state index is 0.0346. The second kappa shape index (κ2) is 37.7. The van der Waals surface area contributed by atoms with Gasteiger partial charge in [-0.1, -0.05) is 84.0 Å². The Balaban J connectivity index is 3.13. The van der Waals surface area contributed by atoms with E-state index in [1.54, 1.807) is 0 Å². The fourth-order valence-corrected chi connectivity index (χ4v) is 4.09. The monoisotopic (exact) mass is 594 g/mol. The molecule has 0 aromatic heterocycles. The zero-order valence-corrected chi connectivity index (χ0v) is 26.8. The quantitative estimate of drug-likeness (QED) is 0.0924. The molecular weight excluding hydrogens is 528 g/mol. The van der Waals surface area contributed by atoms with E-state index in [0.29, 0.717) is 92.5 Å². The molecule has 0 aliphatic heterocycles. The highest BCUT2D eigenvalue weighted by atomic mass is 16.6. The summed E-state index contributed by atoms with van der Waals surface area (Å²) in [6.45, 7) is 12.5. The summed E-state index contributed by atoms with van der Waals surface area (Å²) in [5, 5.41) is 8.58. The predicted octanol–water partition coefficient (Wildman–Crippen LogP) is 5.59. The van der Waals surface area contributed by atoms with E-state index in [4.69, 9.17) is 43.0 Å². The lowest BCUT2D eigenvalue weighted by Crippen LogP contribution is -2.19. The van der Waals surface area contributed by atoms with Crippen LogP contribution in [0.4, 0.5) is 0 Å². The van der Waals surface area contributed by atoms with Crippen LogP contribution in [0.1, 0.15) is 97.3 Å². The first-order valence-electron chi connectivity index (χ1n) is 16.6. The van der Waals surface area contributed by atoms with Gasteiger partial charge in [-0.15, -0.1) is 0 Å². The number of hydrogen-bond donors (Lipinski definition) is 1. The van der Waals surface area contributed by atoms with Gasteiger partial charge in [-0.25, -0.2) is 0 Å². The first kappa shape index (κ1) is 40.6. The summed E-state index contributed by atoms with van der Waals surface area (Å²) >= 11 is 0. The third kappa shape index (κ3) is 37.6. The van der Waals surface area contributed by atoms with Crippen LogP contribution in [-0.4, -0.2) is 117 Å². The molecule has 0 amide bonds. The van der Waals surface area contributed by atoms with Crippen molar-refractivity contribution in [2.75, 3.05) is 106 Å². The van der Waals surface area contributed by atoms with E-state index in [1.807, 2.05) is 6.92 Å². The Morgan fingerprint density at radius 3 is 1.12 bits per heavy atom. The SMILES string of the molecule is CCCCCCCCCCCCCCCOCC(C)OCCOCCOCCOCCOCCOCCOCCO. The molecule has 248 valence electrons. The number of aliphatic hydroxyl groups is 1. The molecule has 0 fully saturated rings. The van der Waals surface area contributed by atoms with Gasteiger partial charge in [0, 0.05) is 6.61 Å². The van der Waals surface area contributed by atoms with Gasteiger partial charge in [0.2, 0.25) is 0 Å². The van der Waals surface area contributed by atoms with E-state index in [0.717, 1.165) is 13.0 Å². The van der Waals surface area contributed by atoms with Gasteiger partial charge in [0.1, 0.15) is 0 Å². The van der Waals surface area contributed by atoms with Crippen LogP contribution in [-0.2, 0) is 37.9 Å². The maximum atomic E-state index is 8.58. The predicted molar refractivity (Wildman–Crippen MR) is 164 cm³/mol. The smallest absolute Gasteiger partial charge is 0.0781 e. The average molecular weight is 595 g/mol. The standard InChI is InChI=1S/C32H66O9/c1-3-4-5-6-7-8-9-10-11-12-13-14-15-17-40-31-32(2)41-30-29-39-28-27-38-26-25-37-24-23-36-22-21-35-20-19-34-18-16-33/h32-33H,3-31H2,1-2H3. The molecule has 0 aliphatic rings. The molecule has 41 heavy (non-hydrogen) atoms. The van der Waals surface area contributed by atoms with E-state index in [1.165, 1.54) is 77.0 Å². The van der Waals surface area contributed by atoms with Crippen LogP contribution < -0.4 is 0 Å². The first-order chi connectivity index (χ1) is 20.3. The van der Waals surface area contributed by atoms with E-state index < -0.39 is 0 Å². The Hall–Kier alpha value is -0.360. The summed E-state index contributed by atoms with van der Waals surface area (Å²) in [4.78, 5) is 0. The van der Waals surface area contributed by atoms with Gasteiger partial charge >= 0.3 is 0 Å². The Morgan fingerprint density at radius 2 is 0.732 bits per heavy atom. The molecule has 1 unspecified atom stereocenters. The Morgan fingerprint density at radius 1 is 0.390 bits per heavy atom. The zero-order chi connectivity index (χ0) is 29.7. The number of hydrogen-bond acceptors (Lipinski definition) is 9. The molecule has 0 heterocycles. The Bertz CT molecular complexity index is 457. The number of ether oxygens (including phenoxy) is 8. The fraction of sp³-hybridized carbons (Fsp3) is 1.00. The highest BCUT2D eigenvalue weighted by Gasteiger charge is 2.02. The third-order valence-electron chi connectivity index (χ3n) is 6.47. The van der Waals surface area contributed by atoms with Crippen molar-refractivity contribution in [1.82, 2.24) is 0 Å². The van der Waals surface area contributed by atoms with Crippen molar-refractivity contribution in [2.24, 2.45) is 0 Å². The molecule has 0 bridgehead atoms. The van der Waals surface area contributed by atoms with Gasteiger partial charge in [-0.3, -0.25) is 0 Å². The molecule has 9 nitrogen and oxygen atoms in total. The molecule has 0 saturated carbocycles. The van der Waals surface area contributed by atoms with Gasteiger partial charge in [0.25, 0.3) is 0 Å². The molecule has 0 rings (SSSR count). The molecule has 0 saturated heterocycles. The van der Waals surface area contributed by atoms with Gasteiger partial charge in [0.15, 0.2) is 0 Å². The van der Waals surface area contributed by atoms with E-state index >= 15 is 0 Å². The van der Waals surface area contributed by atoms with Gasteiger partial charge in [0.05, 0.1) is 105 Å². The van der Waals surface area contributed by atoms with Gasteiger partial charge in [-0.05, 0) is 13.3 Å².